The first-order valence-electron chi connectivity index (χ1n) is 4.54. The molecule has 1 saturated carbocycles. The standard InChI is InChI=1S/C10H14O/c11-7-10-6-3-8-1-4-9(10)5-2-8/h1,4,7-10H,2-3,5-6H2. The molecule has 3 rings (SSSR count). The van der Waals surface area contributed by atoms with Crippen LogP contribution in [0.5, 0.6) is 0 Å². The van der Waals surface area contributed by atoms with Crippen molar-refractivity contribution in [1.29, 1.82) is 0 Å². The van der Waals surface area contributed by atoms with Crippen LogP contribution in [0.25, 0.3) is 0 Å². The smallest absolute Gasteiger partial charge is 0.123 e. The zero-order valence-corrected chi connectivity index (χ0v) is 6.70. The van der Waals surface area contributed by atoms with Gasteiger partial charge in [-0.2, -0.15) is 0 Å². The summed E-state index contributed by atoms with van der Waals surface area (Å²) in [5, 5.41) is 0. The predicted octanol–water partition coefficient (Wildman–Crippen LogP) is 2.18. The molecule has 0 aromatic heterocycles. The molecular formula is C10H14O. The average molecular weight is 150 g/mol. The topological polar surface area (TPSA) is 17.1 Å². The van der Waals surface area contributed by atoms with Crippen molar-refractivity contribution in [2.24, 2.45) is 17.8 Å². The number of hydrogen-bond acceptors (Lipinski definition) is 1. The first kappa shape index (κ1) is 7.08. The molecule has 0 saturated heterocycles. The van der Waals surface area contributed by atoms with Crippen LogP contribution >= 0.6 is 0 Å². The van der Waals surface area contributed by atoms with Crippen LogP contribution in [0.3, 0.4) is 0 Å². The Bertz CT molecular complexity index is 183. The highest BCUT2D eigenvalue weighted by atomic mass is 16.1. The van der Waals surface area contributed by atoms with Gasteiger partial charge in [-0.05, 0) is 37.5 Å². The minimum atomic E-state index is 0.332. The fraction of sp³-hybridized carbons (Fsp3) is 0.700. The number of rotatable bonds is 1. The summed E-state index contributed by atoms with van der Waals surface area (Å²) in [6.07, 6.45) is 10.6. The van der Waals surface area contributed by atoms with Gasteiger partial charge < -0.3 is 4.79 Å². The van der Waals surface area contributed by atoms with Crippen LogP contribution in [0.15, 0.2) is 12.2 Å². The van der Waals surface area contributed by atoms with E-state index in [2.05, 4.69) is 12.2 Å². The summed E-state index contributed by atoms with van der Waals surface area (Å²) in [5.74, 6) is 1.70. The fourth-order valence-electron chi connectivity index (χ4n) is 2.29. The zero-order chi connectivity index (χ0) is 7.68. The average Bonchev–Trinajstić information content (AvgIpc) is 2.36. The number of aldehydes is 1. The van der Waals surface area contributed by atoms with Gasteiger partial charge in [0, 0.05) is 5.92 Å². The molecule has 60 valence electrons. The fourth-order valence-corrected chi connectivity index (χ4v) is 2.29. The van der Waals surface area contributed by atoms with Gasteiger partial charge in [0.05, 0.1) is 0 Å². The summed E-state index contributed by atoms with van der Waals surface area (Å²) in [6, 6.07) is 0. The number of allylic oxidation sites excluding steroid dienone is 2. The van der Waals surface area contributed by atoms with Crippen molar-refractivity contribution in [2.45, 2.75) is 25.7 Å². The van der Waals surface area contributed by atoms with Crippen LogP contribution in [-0.4, -0.2) is 6.29 Å². The molecule has 0 heterocycles. The summed E-state index contributed by atoms with van der Waals surface area (Å²) in [5.41, 5.74) is 0. The molecule has 3 atom stereocenters. The molecule has 1 heteroatoms. The van der Waals surface area contributed by atoms with Crippen LogP contribution in [0, 0.1) is 17.8 Å². The van der Waals surface area contributed by atoms with Gasteiger partial charge in [-0.1, -0.05) is 12.2 Å². The maximum Gasteiger partial charge on any atom is 0.123 e. The molecule has 3 unspecified atom stereocenters. The molecule has 0 radical (unpaired) electrons. The molecule has 1 fully saturated rings. The van der Waals surface area contributed by atoms with Crippen LogP contribution in [0.2, 0.25) is 0 Å². The normalized spacial score (nSPS) is 42.0. The highest BCUT2D eigenvalue weighted by Crippen LogP contribution is 2.36. The Balaban J connectivity index is 2.17. The molecular weight excluding hydrogens is 136 g/mol. The minimum Gasteiger partial charge on any atom is -0.303 e. The van der Waals surface area contributed by atoms with Crippen molar-refractivity contribution in [3.8, 4) is 0 Å². The van der Waals surface area contributed by atoms with E-state index in [-0.39, 0.29) is 0 Å². The summed E-state index contributed by atoms with van der Waals surface area (Å²) in [4.78, 5) is 10.7. The van der Waals surface area contributed by atoms with E-state index < -0.39 is 0 Å². The van der Waals surface area contributed by atoms with E-state index in [0.717, 1.165) is 18.6 Å². The molecule has 0 N–H and O–H groups in total. The van der Waals surface area contributed by atoms with E-state index in [4.69, 9.17) is 0 Å². The molecule has 0 aromatic rings. The lowest BCUT2D eigenvalue weighted by atomic mass is 9.86. The third-order valence-electron chi connectivity index (χ3n) is 3.10. The lowest BCUT2D eigenvalue weighted by molar-refractivity contribution is -0.112. The maximum atomic E-state index is 10.7. The second-order valence-electron chi connectivity index (χ2n) is 3.76. The second-order valence-corrected chi connectivity index (χ2v) is 3.76. The summed E-state index contributed by atoms with van der Waals surface area (Å²) < 4.78 is 0. The van der Waals surface area contributed by atoms with Crippen LogP contribution in [-0.2, 0) is 4.79 Å². The third-order valence-corrected chi connectivity index (χ3v) is 3.10. The van der Waals surface area contributed by atoms with Gasteiger partial charge in [0.15, 0.2) is 0 Å². The van der Waals surface area contributed by atoms with Crippen LogP contribution < -0.4 is 0 Å². The molecule has 3 aliphatic rings. The van der Waals surface area contributed by atoms with Crippen molar-refractivity contribution in [1.82, 2.24) is 0 Å². The van der Waals surface area contributed by atoms with Gasteiger partial charge in [0.25, 0.3) is 0 Å². The number of hydrogen-bond donors (Lipinski definition) is 0. The Morgan fingerprint density at radius 1 is 1.09 bits per heavy atom. The highest BCUT2D eigenvalue weighted by Gasteiger charge is 2.27. The van der Waals surface area contributed by atoms with Gasteiger partial charge >= 0.3 is 0 Å². The lowest BCUT2D eigenvalue weighted by Crippen LogP contribution is -2.12. The molecule has 0 spiro atoms. The number of fused-ring (bicyclic) bond motifs is 3. The van der Waals surface area contributed by atoms with Gasteiger partial charge in [-0.3, -0.25) is 0 Å². The first-order valence-corrected chi connectivity index (χ1v) is 4.54. The lowest BCUT2D eigenvalue weighted by Gasteiger charge is -2.18. The molecule has 11 heavy (non-hydrogen) atoms. The van der Waals surface area contributed by atoms with E-state index in [1.807, 2.05) is 0 Å². The molecule has 2 bridgehead atoms. The maximum absolute atomic E-state index is 10.7. The van der Waals surface area contributed by atoms with Crippen LogP contribution in [0.1, 0.15) is 25.7 Å². The zero-order valence-electron chi connectivity index (χ0n) is 6.70. The van der Waals surface area contributed by atoms with Gasteiger partial charge in [-0.15, -0.1) is 0 Å². The first-order chi connectivity index (χ1) is 5.40. The second kappa shape index (κ2) is 2.80. The van der Waals surface area contributed by atoms with Crippen molar-refractivity contribution < 1.29 is 4.79 Å². The third kappa shape index (κ3) is 1.24. The van der Waals surface area contributed by atoms with E-state index in [1.54, 1.807) is 0 Å². The van der Waals surface area contributed by atoms with Gasteiger partial charge in [0.1, 0.15) is 6.29 Å². The molecule has 0 aliphatic heterocycles. The summed E-state index contributed by atoms with van der Waals surface area (Å²) in [7, 11) is 0. The van der Waals surface area contributed by atoms with Crippen molar-refractivity contribution in [2.75, 3.05) is 0 Å². The van der Waals surface area contributed by atoms with Crippen molar-refractivity contribution in [3.63, 3.8) is 0 Å². The Morgan fingerprint density at radius 2 is 1.91 bits per heavy atom. The summed E-state index contributed by atoms with van der Waals surface area (Å²) in [6.45, 7) is 0. The molecule has 3 aliphatic carbocycles. The van der Waals surface area contributed by atoms with Crippen LogP contribution in [0.4, 0.5) is 0 Å². The molecule has 0 aromatic carbocycles. The molecule has 1 nitrogen and oxygen atoms in total. The quantitative estimate of drug-likeness (QED) is 0.413. The summed E-state index contributed by atoms with van der Waals surface area (Å²) >= 11 is 0. The largest absolute Gasteiger partial charge is 0.303 e. The predicted molar refractivity (Wildman–Crippen MR) is 44.1 cm³/mol. The number of carbonyl (C=O) groups excluding carboxylic acids is 1. The van der Waals surface area contributed by atoms with E-state index in [0.29, 0.717) is 11.8 Å². The van der Waals surface area contributed by atoms with E-state index >= 15 is 0 Å². The SMILES string of the molecule is O=CC1CCC2C=CC1CC2. The molecule has 0 amide bonds. The van der Waals surface area contributed by atoms with Crippen molar-refractivity contribution >= 4 is 6.29 Å². The van der Waals surface area contributed by atoms with Gasteiger partial charge in [-0.25, -0.2) is 0 Å². The van der Waals surface area contributed by atoms with Gasteiger partial charge in [0.2, 0.25) is 0 Å². The minimum absolute atomic E-state index is 0.332. The Labute approximate surface area is 67.5 Å². The van der Waals surface area contributed by atoms with E-state index in [9.17, 15) is 4.79 Å². The Hall–Kier alpha value is -0.590. The van der Waals surface area contributed by atoms with E-state index in [1.165, 1.54) is 19.3 Å². The van der Waals surface area contributed by atoms with Crippen molar-refractivity contribution in [3.05, 3.63) is 12.2 Å². The Morgan fingerprint density at radius 3 is 2.55 bits per heavy atom. The number of carbonyl (C=O) groups is 1. The Kier molecular flexibility index (Phi) is 1.80. The highest BCUT2D eigenvalue weighted by molar-refractivity contribution is 5.55. The monoisotopic (exact) mass is 150 g/mol.